The van der Waals surface area contributed by atoms with Crippen molar-refractivity contribution in [2.45, 2.75) is 12.7 Å². The number of rotatable bonds is 2. The van der Waals surface area contributed by atoms with Crippen LogP contribution >= 0.6 is 11.6 Å². The zero-order valence-corrected chi connectivity index (χ0v) is 11.7. The first-order valence-electron chi connectivity index (χ1n) is 6.20. The second-order valence-electron chi connectivity index (χ2n) is 4.70. The van der Waals surface area contributed by atoms with Crippen LogP contribution in [-0.4, -0.2) is 11.4 Å². The average molecular weight is 332 g/mol. The van der Waals surface area contributed by atoms with Crippen molar-refractivity contribution in [1.29, 1.82) is 0 Å². The Bertz CT molecular complexity index is 786. The molecule has 2 aromatic rings. The molecular weight excluding hydrogens is 323 g/mol. The van der Waals surface area contributed by atoms with Gasteiger partial charge in [-0.1, -0.05) is 17.7 Å². The van der Waals surface area contributed by atoms with E-state index < -0.39 is 22.3 Å². The van der Waals surface area contributed by atoms with Gasteiger partial charge in [-0.05, 0) is 23.8 Å². The summed E-state index contributed by atoms with van der Waals surface area (Å²) >= 11 is 5.61. The molecule has 3 rings (SSSR count). The molecule has 0 spiro atoms. The number of benzene rings is 1. The fourth-order valence-electron chi connectivity index (χ4n) is 2.11. The van der Waals surface area contributed by atoms with Crippen LogP contribution in [0.2, 0.25) is 5.02 Å². The molecule has 4 nitrogen and oxygen atoms in total. The van der Waals surface area contributed by atoms with E-state index in [9.17, 15) is 18.0 Å². The van der Waals surface area contributed by atoms with Gasteiger partial charge in [0, 0.05) is 6.20 Å². The van der Waals surface area contributed by atoms with E-state index in [2.05, 4.69) is 0 Å². The molecule has 1 aliphatic heterocycles. The third-order valence-electron chi connectivity index (χ3n) is 3.16. The van der Waals surface area contributed by atoms with Crippen LogP contribution in [-0.2, 0) is 12.7 Å². The molecule has 0 amide bonds. The molecule has 0 N–H and O–H groups in total. The molecular formula is C14H9ClF3NO3. The molecule has 0 saturated heterocycles. The number of hydrogen-bond donors (Lipinski definition) is 0. The van der Waals surface area contributed by atoms with Gasteiger partial charge in [0.1, 0.15) is 5.02 Å². The number of halogens is 4. The van der Waals surface area contributed by atoms with Gasteiger partial charge < -0.3 is 14.0 Å². The predicted octanol–water partition coefficient (Wildman–Crippen LogP) is 3.30. The largest absolute Gasteiger partial charge is 0.454 e. The minimum Gasteiger partial charge on any atom is -0.454 e. The summed E-state index contributed by atoms with van der Waals surface area (Å²) in [4.78, 5) is 11.9. The quantitative estimate of drug-likeness (QED) is 0.848. The number of alkyl halides is 3. The highest BCUT2D eigenvalue weighted by Gasteiger charge is 2.32. The van der Waals surface area contributed by atoms with E-state index in [-0.39, 0.29) is 13.3 Å². The van der Waals surface area contributed by atoms with Gasteiger partial charge in [0.05, 0.1) is 12.1 Å². The first-order chi connectivity index (χ1) is 10.3. The van der Waals surface area contributed by atoms with Gasteiger partial charge in [0.15, 0.2) is 11.5 Å². The Hall–Kier alpha value is -2.15. The van der Waals surface area contributed by atoms with Gasteiger partial charge in [-0.3, -0.25) is 4.79 Å². The minimum absolute atomic E-state index is 0.0564. The van der Waals surface area contributed by atoms with E-state index >= 15 is 0 Å². The summed E-state index contributed by atoms with van der Waals surface area (Å²) in [5.41, 5.74) is -1.06. The molecule has 0 aliphatic carbocycles. The summed E-state index contributed by atoms with van der Waals surface area (Å²) in [5.74, 6) is 1.04. The zero-order valence-electron chi connectivity index (χ0n) is 11.0. The number of fused-ring (bicyclic) bond motifs is 1. The summed E-state index contributed by atoms with van der Waals surface area (Å²) < 4.78 is 49.6. The maximum Gasteiger partial charge on any atom is 0.417 e. The number of aromatic nitrogens is 1. The smallest absolute Gasteiger partial charge is 0.417 e. The first kappa shape index (κ1) is 14.8. The molecule has 0 fully saturated rings. The van der Waals surface area contributed by atoms with E-state index in [1.165, 1.54) is 0 Å². The molecule has 0 atom stereocenters. The molecule has 0 unspecified atom stereocenters. The van der Waals surface area contributed by atoms with Gasteiger partial charge in [-0.2, -0.15) is 13.2 Å². The van der Waals surface area contributed by atoms with Crippen LogP contribution in [0.25, 0.3) is 0 Å². The Morgan fingerprint density at radius 1 is 1.18 bits per heavy atom. The Balaban J connectivity index is 1.98. The molecule has 1 aromatic heterocycles. The predicted molar refractivity (Wildman–Crippen MR) is 72.4 cm³/mol. The van der Waals surface area contributed by atoms with Crippen LogP contribution in [0.5, 0.6) is 11.5 Å². The van der Waals surface area contributed by atoms with E-state index in [0.717, 1.165) is 10.8 Å². The third kappa shape index (κ3) is 2.76. The fourth-order valence-corrected chi connectivity index (χ4v) is 2.33. The molecule has 22 heavy (non-hydrogen) atoms. The highest BCUT2D eigenvalue weighted by Crippen LogP contribution is 2.33. The lowest BCUT2D eigenvalue weighted by Crippen LogP contribution is -2.23. The van der Waals surface area contributed by atoms with Crippen molar-refractivity contribution in [2.75, 3.05) is 6.79 Å². The molecule has 0 bridgehead atoms. The zero-order chi connectivity index (χ0) is 15.9. The van der Waals surface area contributed by atoms with Crippen LogP contribution in [0, 0.1) is 0 Å². The van der Waals surface area contributed by atoms with Crippen molar-refractivity contribution in [2.24, 2.45) is 0 Å². The molecule has 0 radical (unpaired) electrons. The van der Waals surface area contributed by atoms with Crippen LogP contribution in [0.15, 0.2) is 35.3 Å². The summed E-state index contributed by atoms with van der Waals surface area (Å²) in [6.07, 6.45) is -3.83. The van der Waals surface area contributed by atoms with Crippen molar-refractivity contribution in [3.63, 3.8) is 0 Å². The van der Waals surface area contributed by atoms with Crippen molar-refractivity contribution >= 4 is 11.6 Å². The van der Waals surface area contributed by atoms with E-state index in [0.29, 0.717) is 23.1 Å². The Morgan fingerprint density at radius 3 is 2.64 bits per heavy atom. The fraction of sp³-hybridized carbons (Fsp3) is 0.214. The normalized spacial score (nSPS) is 13.5. The number of pyridine rings is 1. The van der Waals surface area contributed by atoms with Gasteiger partial charge >= 0.3 is 6.18 Å². The second-order valence-corrected chi connectivity index (χ2v) is 5.10. The topological polar surface area (TPSA) is 40.5 Å². The lowest BCUT2D eigenvalue weighted by atomic mass is 10.2. The van der Waals surface area contributed by atoms with Crippen LogP contribution in [0.4, 0.5) is 13.2 Å². The van der Waals surface area contributed by atoms with Crippen molar-refractivity contribution in [3.8, 4) is 11.5 Å². The summed E-state index contributed by atoms with van der Waals surface area (Å²) in [6.45, 7) is 0.0350. The number of ether oxygens (including phenoxy) is 2. The second kappa shape index (κ2) is 5.24. The van der Waals surface area contributed by atoms with Crippen molar-refractivity contribution in [3.05, 3.63) is 57.0 Å². The Morgan fingerprint density at radius 2 is 1.91 bits per heavy atom. The molecule has 8 heteroatoms. The molecule has 0 saturated carbocycles. The van der Waals surface area contributed by atoms with Gasteiger partial charge in [-0.15, -0.1) is 0 Å². The maximum absolute atomic E-state index is 12.8. The van der Waals surface area contributed by atoms with Gasteiger partial charge in [0.2, 0.25) is 6.79 Å². The summed E-state index contributed by atoms with van der Waals surface area (Å²) in [5, 5.41) is -0.476. The summed E-state index contributed by atoms with van der Waals surface area (Å²) in [6, 6.07) is 5.52. The first-order valence-corrected chi connectivity index (χ1v) is 6.58. The van der Waals surface area contributed by atoms with E-state index in [1.54, 1.807) is 18.2 Å². The van der Waals surface area contributed by atoms with E-state index in [4.69, 9.17) is 21.1 Å². The minimum atomic E-state index is -4.58. The number of hydrogen-bond acceptors (Lipinski definition) is 3. The van der Waals surface area contributed by atoms with Crippen LogP contribution in [0.1, 0.15) is 11.1 Å². The lowest BCUT2D eigenvalue weighted by molar-refractivity contribution is -0.138. The average Bonchev–Trinajstić information content (AvgIpc) is 2.90. The molecule has 116 valence electrons. The molecule has 1 aliphatic rings. The molecule has 2 heterocycles. The third-order valence-corrected chi connectivity index (χ3v) is 3.43. The Kier molecular flexibility index (Phi) is 3.52. The highest BCUT2D eigenvalue weighted by atomic mass is 35.5. The van der Waals surface area contributed by atoms with Gasteiger partial charge in [-0.25, -0.2) is 0 Å². The maximum atomic E-state index is 12.8. The number of nitrogens with zero attached hydrogens (tertiary/aromatic N) is 1. The molecule has 1 aromatic carbocycles. The lowest BCUT2D eigenvalue weighted by Gasteiger charge is -2.12. The monoisotopic (exact) mass is 331 g/mol. The van der Waals surface area contributed by atoms with Crippen molar-refractivity contribution < 1.29 is 22.6 Å². The standard InChI is InChI=1S/C14H9ClF3NO3/c15-10-4-9(14(16,17)18)6-19(13(10)20)5-8-1-2-11-12(3-8)22-7-21-11/h1-4,6H,5,7H2. The van der Waals surface area contributed by atoms with Crippen molar-refractivity contribution in [1.82, 2.24) is 4.57 Å². The van der Waals surface area contributed by atoms with Crippen LogP contribution < -0.4 is 15.0 Å². The van der Waals surface area contributed by atoms with Crippen LogP contribution in [0.3, 0.4) is 0 Å². The van der Waals surface area contributed by atoms with Gasteiger partial charge in [0.25, 0.3) is 5.56 Å². The Labute approximate surface area is 127 Å². The SMILES string of the molecule is O=c1c(Cl)cc(C(F)(F)F)cn1Cc1ccc2c(c1)OCO2. The summed E-state index contributed by atoms with van der Waals surface area (Å²) in [7, 11) is 0. The highest BCUT2D eigenvalue weighted by molar-refractivity contribution is 6.30. The van der Waals surface area contributed by atoms with E-state index in [1.807, 2.05) is 0 Å².